The quantitative estimate of drug-likeness (QED) is 0.0433. The molecule has 0 N–H and O–H groups in total. The van der Waals surface area contributed by atoms with Crippen molar-refractivity contribution in [2.75, 3.05) is 178 Å². The van der Waals surface area contributed by atoms with Crippen LogP contribution in [0, 0.1) is 0 Å². The Morgan fingerprint density at radius 3 is 0.525 bits per heavy atom. The maximum atomic E-state index is 5.68. The van der Waals surface area contributed by atoms with E-state index in [0.29, 0.717) is 159 Å². The minimum Gasteiger partial charge on any atom is -0.379 e. The molecular weight excluding hydrogens is 784 g/mol. The van der Waals surface area contributed by atoms with E-state index in [1.165, 1.54) is 89.9 Å². The first kappa shape index (κ1) is 58.8. The van der Waals surface area contributed by atoms with Gasteiger partial charge in [-0.1, -0.05) is 96.8 Å². The third-order valence-corrected chi connectivity index (χ3v) is 9.30. The molecule has 13 nitrogen and oxygen atoms in total. The lowest BCUT2D eigenvalue weighted by molar-refractivity contribution is -0.0290. The van der Waals surface area contributed by atoms with Crippen molar-refractivity contribution in [3.63, 3.8) is 0 Å². The SMILES string of the molecule is CCCCCCCCCCCCCCCOCCOCCOCCOCCOCCOCCOCCOCCOCCOCCOCCOCCOCCCCCCCl. The van der Waals surface area contributed by atoms with Crippen molar-refractivity contribution in [2.24, 2.45) is 0 Å². The molecule has 0 radical (unpaired) electrons. The maximum Gasteiger partial charge on any atom is 0.0701 e. The minimum atomic E-state index is 0.514. The molecule has 0 rings (SSSR count). The summed E-state index contributed by atoms with van der Waals surface area (Å²) in [5, 5.41) is 0. The minimum absolute atomic E-state index is 0.514. The third kappa shape index (κ3) is 57.8. The summed E-state index contributed by atoms with van der Waals surface area (Å²) in [7, 11) is 0. The van der Waals surface area contributed by atoms with Crippen LogP contribution >= 0.6 is 11.6 Å². The summed E-state index contributed by atoms with van der Waals surface area (Å²) in [5.74, 6) is 0.744. The van der Waals surface area contributed by atoms with Crippen LogP contribution in [-0.2, 0) is 61.6 Å². The zero-order valence-electron chi connectivity index (χ0n) is 37.8. The summed E-state index contributed by atoms with van der Waals surface area (Å²) >= 11 is 5.66. The fourth-order valence-corrected chi connectivity index (χ4v) is 5.80. The summed E-state index contributed by atoms with van der Waals surface area (Å²) in [5.41, 5.74) is 0. The summed E-state index contributed by atoms with van der Waals surface area (Å²) in [6.45, 7) is 17.0. The Morgan fingerprint density at radius 2 is 0.339 bits per heavy atom. The number of halogens is 1. The van der Waals surface area contributed by atoms with Gasteiger partial charge in [0.2, 0.25) is 0 Å². The lowest BCUT2D eigenvalue weighted by atomic mass is 10.0. The Kier molecular flexibility index (Phi) is 57.5. The van der Waals surface area contributed by atoms with Gasteiger partial charge in [-0.15, -0.1) is 11.6 Å². The Balaban J connectivity index is 3.06. The van der Waals surface area contributed by atoms with Gasteiger partial charge in [-0.3, -0.25) is 0 Å². The molecule has 356 valence electrons. The number of rotatable bonds is 56. The Bertz CT molecular complexity index is 661. The number of hydrogen-bond donors (Lipinski definition) is 0. The number of unbranched alkanes of at least 4 members (excludes halogenated alkanes) is 15. The molecule has 0 fully saturated rings. The van der Waals surface area contributed by atoms with E-state index in [2.05, 4.69) is 6.92 Å². The van der Waals surface area contributed by atoms with E-state index >= 15 is 0 Å². The van der Waals surface area contributed by atoms with Crippen LogP contribution in [0.4, 0.5) is 0 Å². The second kappa shape index (κ2) is 57.8. The van der Waals surface area contributed by atoms with Gasteiger partial charge in [0.1, 0.15) is 0 Å². The molecule has 0 saturated carbocycles. The van der Waals surface area contributed by atoms with Gasteiger partial charge in [0.25, 0.3) is 0 Å². The highest BCUT2D eigenvalue weighted by Gasteiger charge is 1.99. The first-order chi connectivity index (χ1) is 29.4. The van der Waals surface area contributed by atoms with Crippen LogP contribution < -0.4 is 0 Å². The average molecular weight is 876 g/mol. The second-order valence-electron chi connectivity index (χ2n) is 14.3. The zero-order chi connectivity index (χ0) is 42.3. The van der Waals surface area contributed by atoms with E-state index in [9.17, 15) is 0 Å². The molecule has 0 amide bonds. The van der Waals surface area contributed by atoms with Crippen molar-refractivity contribution in [3.05, 3.63) is 0 Å². The van der Waals surface area contributed by atoms with Crippen LogP contribution in [0.25, 0.3) is 0 Å². The van der Waals surface area contributed by atoms with Gasteiger partial charge in [-0.2, -0.15) is 0 Å². The van der Waals surface area contributed by atoms with Crippen molar-refractivity contribution >= 4 is 11.6 Å². The molecule has 59 heavy (non-hydrogen) atoms. The van der Waals surface area contributed by atoms with Crippen LogP contribution in [0.3, 0.4) is 0 Å². The number of alkyl halides is 1. The number of hydrogen-bond acceptors (Lipinski definition) is 13. The predicted molar refractivity (Wildman–Crippen MR) is 236 cm³/mol. The lowest BCUT2D eigenvalue weighted by Crippen LogP contribution is -2.15. The largest absolute Gasteiger partial charge is 0.379 e. The molecule has 0 heterocycles. The maximum absolute atomic E-state index is 5.68. The van der Waals surface area contributed by atoms with Crippen molar-refractivity contribution in [1.29, 1.82) is 0 Å². The fraction of sp³-hybridized carbons (Fsp3) is 1.00. The van der Waals surface area contributed by atoms with E-state index < -0.39 is 0 Å². The lowest BCUT2D eigenvalue weighted by Gasteiger charge is -2.09. The van der Waals surface area contributed by atoms with Crippen LogP contribution in [0.15, 0.2) is 0 Å². The van der Waals surface area contributed by atoms with E-state index in [4.69, 9.17) is 73.2 Å². The highest BCUT2D eigenvalue weighted by atomic mass is 35.5. The first-order valence-corrected chi connectivity index (χ1v) is 24.0. The van der Waals surface area contributed by atoms with Crippen LogP contribution in [0.2, 0.25) is 0 Å². The van der Waals surface area contributed by atoms with E-state index in [1.54, 1.807) is 0 Å². The molecule has 0 aliphatic rings. The van der Waals surface area contributed by atoms with E-state index in [1.807, 2.05) is 0 Å². The highest BCUT2D eigenvalue weighted by molar-refractivity contribution is 6.17. The standard InChI is InChI=1S/C45H91ClO13/c1-2-3-4-5-6-7-8-9-10-11-12-14-17-20-47-22-24-49-26-28-51-30-32-53-34-36-55-38-40-57-42-44-59-45-43-58-41-39-56-37-35-54-33-31-52-29-27-50-25-23-48-21-18-15-13-16-19-46/h2-45H2,1H3. The number of ether oxygens (including phenoxy) is 13. The molecule has 0 aromatic rings. The van der Waals surface area contributed by atoms with Gasteiger partial charge in [0, 0.05) is 19.1 Å². The van der Waals surface area contributed by atoms with Gasteiger partial charge in [-0.05, 0) is 19.3 Å². The highest BCUT2D eigenvalue weighted by Crippen LogP contribution is 2.12. The molecule has 0 saturated heterocycles. The molecule has 0 aromatic heterocycles. The monoisotopic (exact) mass is 875 g/mol. The van der Waals surface area contributed by atoms with Gasteiger partial charge in [0.05, 0.1) is 159 Å². The predicted octanol–water partition coefficient (Wildman–Crippen LogP) is 8.09. The molecule has 0 atom stereocenters. The van der Waals surface area contributed by atoms with E-state index in [-0.39, 0.29) is 0 Å². The summed E-state index contributed by atoms with van der Waals surface area (Å²) < 4.78 is 72.0. The van der Waals surface area contributed by atoms with Gasteiger partial charge in [0.15, 0.2) is 0 Å². The average Bonchev–Trinajstić information content (AvgIpc) is 3.25. The summed E-state index contributed by atoms with van der Waals surface area (Å²) in [6.07, 6.45) is 22.3. The van der Waals surface area contributed by atoms with Crippen molar-refractivity contribution < 1.29 is 61.6 Å². The second-order valence-corrected chi connectivity index (χ2v) is 14.7. The smallest absolute Gasteiger partial charge is 0.0701 e. The first-order valence-electron chi connectivity index (χ1n) is 23.5. The van der Waals surface area contributed by atoms with Crippen molar-refractivity contribution in [3.8, 4) is 0 Å². The Hall–Kier alpha value is -0.230. The Labute approximate surface area is 366 Å². The van der Waals surface area contributed by atoms with Crippen LogP contribution in [0.1, 0.15) is 116 Å². The van der Waals surface area contributed by atoms with Crippen molar-refractivity contribution in [1.82, 2.24) is 0 Å². The van der Waals surface area contributed by atoms with Crippen LogP contribution in [-0.4, -0.2) is 178 Å². The molecule has 14 heteroatoms. The fourth-order valence-electron chi connectivity index (χ4n) is 5.62. The molecule has 0 aliphatic heterocycles. The summed E-state index contributed by atoms with van der Waals surface area (Å²) in [6, 6.07) is 0. The molecule has 0 spiro atoms. The Morgan fingerprint density at radius 1 is 0.186 bits per heavy atom. The topological polar surface area (TPSA) is 120 Å². The van der Waals surface area contributed by atoms with Gasteiger partial charge >= 0.3 is 0 Å². The van der Waals surface area contributed by atoms with E-state index in [0.717, 1.165) is 38.4 Å². The molecular formula is C45H91ClO13. The van der Waals surface area contributed by atoms with Gasteiger partial charge < -0.3 is 61.6 Å². The van der Waals surface area contributed by atoms with Gasteiger partial charge in [-0.25, -0.2) is 0 Å². The van der Waals surface area contributed by atoms with Crippen molar-refractivity contribution in [2.45, 2.75) is 116 Å². The molecule has 0 unspecified atom stereocenters. The molecule has 0 aromatic carbocycles. The zero-order valence-corrected chi connectivity index (χ0v) is 38.6. The van der Waals surface area contributed by atoms with Crippen LogP contribution in [0.5, 0.6) is 0 Å². The summed E-state index contributed by atoms with van der Waals surface area (Å²) in [4.78, 5) is 0. The third-order valence-electron chi connectivity index (χ3n) is 9.03. The molecule has 0 aliphatic carbocycles. The molecule has 0 bridgehead atoms. The normalized spacial score (nSPS) is 11.7.